The summed E-state index contributed by atoms with van der Waals surface area (Å²) in [4.78, 5) is 11.5. The highest BCUT2D eigenvalue weighted by Crippen LogP contribution is 2.33. The van der Waals surface area contributed by atoms with Crippen molar-refractivity contribution >= 4 is 16.4 Å². The molecule has 1 rings (SSSR count). The highest BCUT2D eigenvalue weighted by molar-refractivity contribution is 7.85. The van der Waals surface area contributed by atoms with Crippen LogP contribution in [0.15, 0.2) is 0 Å². The second-order valence-electron chi connectivity index (χ2n) is 4.58. The molecular formula is C8H12F3NO5S. The molecule has 0 radical (unpaired) electrons. The fourth-order valence-corrected chi connectivity index (χ4v) is 2.31. The molecule has 0 aromatic heterocycles. The first-order valence-electron chi connectivity index (χ1n) is 4.83. The first-order chi connectivity index (χ1) is 7.84. The van der Waals surface area contributed by atoms with Crippen LogP contribution in [-0.4, -0.2) is 43.2 Å². The number of nitrogens with zero attached hydrogens (tertiary/aromatic N) is 1. The van der Waals surface area contributed by atoms with Gasteiger partial charge in [-0.25, -0.2) is 4.79 Å². The van der Waals surface area contributed by atoms with E-state index in [-0.39, 0.29) is 0 Å². The molecule has 1 saturated heterocycles. The van der Waals surface area contributed by atoms with Crippen molar-refractivity contribution in [2.45, 2.75) is 38.6 Å². The lowest BCUT2D eigenvalue weighted by molar-refractivity contribution is -0.168. The molecule has 1 fully saturated rings. The van der Waals surface area contributed by atoms with E-state index in [1.807, 2.05) is 0 Å². The van der Waals surface area contributed by atoms with Crippen molar-refractivity contribution in [2.75, 3.05) is 6.61 Å². The highest BCUT2D eigenvalue weighted by Gasteiger charge is 2.57. The van der Waals surface area contributed by atoms with E-state index in [0.29, 0.717) is 0 Å². The number of rotatable bonds is 0. The fraction of sp³-hybridized carbons (Fsp3) is 0.875. The minimum Gasteiger partial charge on any atom is -0.443 e. The van der Waals surface area contributed by atoms with Crippen LogP contribution >= 0.6 is 0 Å². The predicted molar refractivity (Wildman–Crippen MR) is 52.8 cm³/mol. The van der Waals surface area contributed by atoms with Crippen LogP contribution in [0.2, 0.25) is 0 Å². The van der Waals surface area contributed by atoms with Crippen molar-refractivity contribution in [3.63, 3.8) is 0 Å². The standard InChI is InChI=1S/C8H12F3NO5S/c1-7(2,3)17-6(13)12-5(8(9,10)11)4-16-18(12,14)15/h5H,4H2,1-3H3/t5-/m1/s1. The molecule has 1 amide bonds. The number of carbonyl (C=O) groups is 1. The summed E-state index contributed by atoms with van der Waals surface area (Å²) in [7, 11) is -4.75. The summed E-state index contributed by atoms with van der Waals surface area (Å²) in [5.41, 5.74) is -1.12. The van der Waals surface area contributed by atoms with Gasteiger partial charge in [0.1, 0.15) is 5.60 Å². The third-order valence-corrected chi connectivity index (χ3v) is 3.17. The molecule has 0 N–H and O–H groups in total. The zero-order chi connectivity index (χ0) is 14.4. The van der Waals surface area contributed by atoms with E-state index in [1.54, 1.807) is 0 Å². The molecule has 106 valence electrons. The van der Waals surface area contributed by atoms with Crippen LogP contribution in [0.5, 0.6) is 0 Å². The molecule has 1 aliphatic heterocycles. The first-order valence-corrected chi connectivity index (χ1v) is 6.19. The molecular weight excluding hydrogens is 279 g/mol. The number of alkyl halides is 3. The number of amides is 1. The smallest absolute Gasteiger partial charge is 0.426 e. The summed E-state index contributed by atoms with van der Waals surface area (Å²) in [6, 6.07) is -2.56. The predicted octanol–water partition coefficient (Wildman–Crippen LogP) is 1.43. The van der Waals surface area contributed by atoms with Gasteiger partial charge in [0, 0.05) is 0 Å². The third-order valence-electron chi connectivity index (χ3n) is 1.85. The normalized spacial score (nSPS) is 24.1. The van der Waals surface area contributed by atoms with Crippen LogP contribution in [0, 0.1) is 0 Å². The average Bonchev–Trinajstić information content (AvgIpc) is 2.36. The maximum absolute atomic E-state index is 12.6. The summed E-state index contributed by atoms with van der Waals surface area (Å²) in [6.07, 6.45) is -6.53. The molecule has 0 bridgehead atoms. The lowest BCUT2D eigenvalue weighted by Crippen LogP contribution is -2.49. The maximum atomic E-state index is 12.6. The minimum absolute atomic E-state index is 0.418. The molecule has 0 aromatic rings. The van der Waals surface area contributed by atoms with Crippen LogP contribution in [0.4, 0.5) is 18.0 Å². The highest BCUT2D eigenvalue weighted by atomic mass is 32.2. The van der Waals surface area contributed by atoms with Crippen LogP contribution in [0.25, 0.3) is 0 Å². The van der Waals surface area contributed by atoms with Crippen molar-refractivity contribution in [3.05, 3.63) is 0 Å². The van der Waals surface area contributed by atoms with E-state index in [4.69, 9.17) is 0 Å². The van der Waals surface area contributed by atoms with E-state index in [9.17, 15) is 26.4 Å². The van der Waals surface area contributed by atoms with Gasteiger partial charge in [0.2, 0.25) is 0 Å². The van der Waals surface area contributed by atoms with Gasteiger partial charge < -0.3 is 4.74 Å². The summed E-state index contributed by atoms with van der Waals surface area (Å²) in [5.74, 6) is 0. The molecule has 6 nitrogen and oxygen atoms in total. The Balaban J connectivity index is 3.04. The fourth-order valence-electron chi connectivity index (χ4n) is 1.18. The van der Waals surface area contributed by atoms with E-state index in [0.717, 1.165) is 0 Å². The van der Waals surface area contributed by atoms with Gasteiger partial charge in [-0.2, -0.15) is 25.9 Å². The molecule has 1 atom stereocenters. The third kappa shape index (κ3) is 3.25. The Bertz CT molecular complexity index is 439. The topological polar surface area (TPSA) is 72.9 Å². The molecule has 10 heteroatoms. The van der Waals surface area contributed by atoms with Crippen LogP contribution in [0.3, 0.4) is 0 Å². The Morgan fingerprint density at radius 1 is 1.33 bits per heavy atom. The zero-order valence-corrected chi connectivity index (χ0v) is 10.6. The van der Waals surface area contributed by atoms with Crippen LogP contribution in [0.1, 0.15) is 20.8 Å². The van der Waals surface area contributed by atoms with Crippen LogP contribution < -0.4 is 0 Å². The summed E-state index contributed by atoms with van der Waals surface area (Å²) in [6.45, 7) is 3.04. The molecule has 1 heterocycles. The number of ether oxygens (including phenoxy) is 1. The molecule has 0 unspecified atom stereocenters. The lowest BCUT2D eigenvalue weighted by atomic mass is 10.2. The van der Waals surface area contributed by atoms with Gasteiger partial charge >= 0.3 is 22.6 Å². The summed E-state index contributed by atoms with van der Waals surface area (Å²) in [5, 5.41) is 0. The first kappa shape index (κ1) is 15.0. The number of hydrogen-bond donors (Lipinski definition) is 0. The van der Waals surface area contributed by atoms with Gasteiger partial charge in [-0.15, -0.1) is 0 Å². The van der Waals surface area contributed by atoms with Gasteiger partial charge in [0.15, 0.2) is 6.04 Å². The molecule has 0 aliphatic carbocycles. The van der Waals surface area contributed by atoms with Gasteiger partial charge in [-0.1, -0.05) is 0 Å². The second-order valence-corrected chi connectivity index (χ2v) is 6.06. The zero-order valence-electron chi connectivity index (χ0n) is 9.82. The van der Waals surface area contributed by atoms with E-state index in [1.165, 1.54) is 20.8 Å². The van der Waals surface area contributed by atoms with Gasteiger partial charge in [-0.3, -0.25) is 4.18 Å². The maximum Gasteiger partial charge on any atom is 0.426 e. The van der Waals surface area contributed by atoms with E-state index < -0.39 is 45.1 Å². The Hall–Kier alpha value is -1.03. The van der Waals surface area contributed by atoms with E-state index >= 15 is 0 Å². The SMILES string of the molecule is CC(C)(C)OC(=O)N1[C@@H](C(F)(F)F)COS1(=O)=O. The van der Waals surface area contributed by atoms with Crippen molar-refractivity contribution in [1.82, 2.24) is 4.31 Å². The Kier molecular flexibility index (Phi) is 3.56. The van der Waals surface area contributed by atoms with Crippen LogP contribution in [-0.2, 0) is 19.2 Å². The lowest BCUT2D eigenvalue weighted by Gasteiger charge is -2.26. The molecule has 0 aromatic carbocycles. The Morgan fingerprint density at radius 2 is 1.83 bits per heavy atom. The monoisotopic (exact) mass is 291 g/mol. The Morgan fingerprint density at radius 3 is 2.22 bits per heavy atom. The van der Waals surface area contributed by atoms with Gasteiger partial charge in [0.25, 0.3) is 0 Å². The quantitative estimate of drug-likeness (QED) is 0.675. The largest absolute Gasteiger partial charge is 0.443 e. The van der Waals surface area contributed by atoms with Crippen molar-refractivity contribution in [3.8, 4) is 0 Å². The number of halogens is 3. The van der Waals surface area contributed by atoms with Crippen molar-refractivity contribution in [2.24, 2.45) is 0 Å². The molecule has 1 aliphatic rings. The van der Waals surface area contributed by atoms with E-state index in [2.05, 4.69) is 8.92 Å². The van der Waals surface area contributed by atoms with Crippen molar-refractivity contribution in [1.29, 1.82) is 0 Å². The number of hydrogen-bond acceptors (Lipinski definition) is 5. The molecule has 18 heavy (non-hydrogen) atoms. The summed E-state index contributed by atoms with van der Waals surface area (Å²) >= 11 is 0. The Labute approximate surface area is 102 Å². The van der Waals surface area contributed by atoms with Gasteiger partial charge in [-0.05, 0) is 20.8 Å². The number of carbonyl (C=O) groups excluding carboxylic acids is 1. The molecule has 0 saturated carbocycles. The van der Waals surface area contributed by atoms with Crippen molar-refractivity contribution < 1.29 is 35.3 Å². The second kappa shape index (κ2) is 4.26. The minimum atomic E-state index is -4.92. The summed E-state index contributed by atoms with van der Waals surface area (Å²) < 4.78 is 68.4. The molecule has 0 spiro atoms. The van der Waals surface area contributed by atoms with Gasteiger partial charge in [0.05, 0.1) is 6.61 Å². The average molecular weight is 291 g/mol.